The van der Waals surface area contributed by atoms with Crippen molar-refractivity contribution in [2.45, 2.75) is 25.9 Å². The van der Waals surface area contributed by atoms with E-state index in [2.05, 4.69) is 26.2 Å². The number of nitrogens with two attached hydrogens (primary N) is 1. The zero-order valence-corrected chi connectivity index (χ0v) is 11.6. The average Bonchev–Trinajstić information content (AvgIpc) is 2.77. The minimum Gasteiger partial charge on any atom is -0.319 e. The van der Waals surface area contributed by atoms with Gasteiger partial charge in [-0.1, -0.05) is 34.1 Å². The van der Waals surface area contributed by atoms with E-state index in [1.165, 1.54) is 6.07 Å². The molecular formula is C12H14BrFN4. The van der Waals surface area contributed by atoms with Gasteiger partial charge in [0.25, 0.3) is 0 Å². The van der Waals surface area contributed by atoms with Crippen molar-refractivity contribution in [1.82, 2.24) is 15.0 Å². The molecule has 0 radical (unpaired) electrons. The van der Waals surface area contributed by atoms with Crippen molar-refractivity contribution in [2.75, 3.05) is 0 Å². The Kier molecular flexibility index (Phi) is 4.08. The van der Waals surface area contributed by atoms with Gasteiger partial charge in [-0.3, -0.25) is 0 Å². The number of aryl methyl sites for hydroxylation is 1. The summed E-state index contributed by atoms with van der Waals surface area (Å²) in [6, 6.07) is 4.22. The number of nitrogens with zero attached hydrogens (tertiary/aromatic N) is 3. The largest absolute Gasteiger partial charge is 0.319 e. The van der Waals surface area contributed by atoms with Crippen LogP contribution < -0.4 is 5.73 Å². The second kappa shape index (κ2) is 5.58. The van der Waals surface area contributed by atoms with Gasteiger partial charge in [0.2, 0.25) is 0 Å². The van der Waals surface area contributed by atoms with Gasteiger partial charge in [0, 0.05) is 16.6 Å². The molecule has 1 atom stereocenters. The fraction of sp³-hybridized carbons (Fsp3) is 0.333. The van der Waals surface area contributed by atoms with Crippen molar-refractivity contribution in [2.24, 2.45) is 5.73 Å². The van der Waals surface area contributed by atoms with Gasteiger partial charge >= 0.3 is 0 Å². The van der Waals surface area contributed by atoms with Crippen LogP contribution in [0.5, 0.6) is 0 Å². The van der Waals surface area contributed by atoms with Gasteiger partial charge in [-0.05, 0) is 18.6 Å². The van der Waals surface area contributed by atoms with E-state index < -0.39 is 6.04 Å². The van der Waals surface area contributed by atoms with Gasteiger partial charge in [-0.25, -0.2) is 9.07 Å². The quantitative estimate of drug-likeness (QED) is 0.944. The molecule has 0 amide bonds. The molecule has 2 aromatic rings. The van der Waals surface area contributed by atoms with Crippen LogP contribution in [0.2, 0.25) is 0 Å². The van der Waals surface area contributed by atoms with E-state index in [-0.39, 0.29) is 5.82 Å². The van der Waals surface area contributed by atoms with E-state index in [1.807, 2.05) is 6.92 Å². The van der Waals surface area contributed by atoms with Crippen LogP contribution >= 0.6 is 15.9 Å². The Morgan fingerprint density at radius 2 is 2.28 bits per heavy atom. The molecule has 6 heteroatoms. The molecule has 1 aromatic heterocycles. The summed E-state index contributed by atoms with van der Waals surface area (Å²) in [5.41, 5.74) is 7.26. The summed E-state index contributed by atoms with van der Waals surface area (Å²) in [6.45, 7) is 2.76. The maximum atomic E-state index is 13.9. The lowest BCUT2D eigenvalue weighted by Gasteiger charge is -2.15. The van der Waals surface area contributed by atoms with Crippen molar-refractivity contribution in [3.8, 4) is 0 Å². The van der Waals surface area contributed by atoms with E-state index in [0.29, 0.717) is 15.7 Å². The van der Waals surface area contributed by atoms with Gasteiger partial charge in [0.05, 0.1) is 17.9 Å². The van der Waals surface area contributed by atoms with Crippen LogP contribution in [0, 0.1) is 5.82 Å². The number of halogens is 2. The molecule has 0 fully saturated rings. The molecule has 18 heavy (non-hydrogen) atoms. The summed E-state index contributed by atoms with van der Waals surface area (Å²) in [6.07, 6.45) is 2.50. The summed E-state index contributed by atoms with van der Waals surface area (Å²) in [7, 11) is 0. The summed E-state index contributed by atoms with van der Waals surface area (Å²) in [5, 5.41) is 7.80. The average molecular weight is 313 g/mol. The van der Waals surface area contributed by atoms with Gasteiger partial charge < -0.3 is 5.73 Å². The fourth-order valence-electron chi connectivity index (χ4n) is 1.85. The monoisotopic (exact) mass is 312 g/mol. The maximum Gasteiger partial charge on any atom is 0.129 e. The second-order valence-electron chi connectivity index (χ2n) is 4.00. The molecule has 0 aliphatic heterocycles. The van der Waals surface area contributed by atoms with Crippen LogP contribution in [0.15, 0.2) is 28.9 Å². The Balaban J connectivity index is 2.41. The molecule has 0 spiro atoms. The number of aromatic nitrogens is 3. The first-order chi connectivity index (χ1) is 8.65. The van der Waals surface area contributed by atoms with Crippen LogP contribution in [0.25, 0.3) is 0 Å². The Bertz CT molecular complexity index is 520. The highest BCUT2D eigenvalue weighted by atomic mass is 79.9. The van der Waals surface area contributed by atoms with Crippen LogP contribution in [0.3, 0.4) is 0 Å². The predicted octanol–water partition coefficient (Wildman–Crippen LogP) is 2.64. The van der Waals surface area contributed by atoms with Crippen LogP contribution in [-0.2, 0) is 6.54 Å². The lowest BCUT2D eigenvalue weighted by atomic mass is 10.0. The molecule has 4 nitrogen and oxygen atoms in total. The van der Waals surface area contributed by atoms with Gasteiger partial charge in [-0.2, -0.15) is 0 Å². The maximum absolute atomic E-state index is 13.9. The van der Waals surface area contributed by atoms with E-state index in [0.717, 1.165) is 13.0 Å². The summed E-state index contributed by atoms with van der Waals surface area (Å²) in [5.74, 6) is -0.332. The first kappa shape index (κ1) is 13.2. The number of hydrogen-bond acceptors (Lipinski definition) is 3. The second-order valence-corrected chi connectivity index (χ2v) is 4.85. The summed E-state index contributed by atoms with van der Waals surface area (Å²) < 4.78 is 16.2. The van der Waals surface area contributed by atoms with Crippen molar-refractivity contribution in [3.63, 3.8) is 0 Å². The predicted molar refractivity (Wildman–Crippen MR) is 70.4 cm³/mol. The van der Waals surface area contributed by atoms with Crippen LogP contribution in [0.4, 0.5) is 4.39 Å². The van der Waals surface area contributed by atoms with E-state index in [9.17, 15) is 4.39 Å². The molecule has 0 bridgehead atoms. The van der Waals surface area contributed by atoms with Gasteiger partial charge in [0.1, 0.15) is 5.82 Å². The topological polar surface area (TPSA) is 56.7 Å². The van der Waals surface area contributed by atoms with Crippen molar-refractivity contribution in [3.05, 3.63) is 45.9 Å². The number of rotatable bonds is 4. The SMILES string of the molecule is CCCn1nncc1C(N)c1c(F)cccc1Br. The third-order valence-corrected chi connectivity index (χ3v) is 3.40. The highest BCUT2D eigenvalue weighted by molar-refractivity contribution is 9.10. The van der Waals surface area contributed by atoms with Crippen molar-refractivity contribution >= 4 is 15.9 Å². The van der Waals surface area contributed by atoms with Crippen molar-refractivity contribution < 1.29 is 4.39 Å². The highest BCUT2D eigenvalue weighted by Gasteiger charge is 2.20. The molecule has 2 rings (SSSR count). The Labute approximate surface area is 113 Å². The Morgan fingerprint density at radius 3 is 2.94 bits per heavy atom. The smallest absolute Gasteiger partial charge is 0.129 e. The lowest BCUT2D eigenvalue weighted by Crippen LogP contribution is -2.19. The molecule has 2 N–H and O–H groups in total. The molecule has 96 valence electrons. The first-order valence-electron chi connectivity index (χ1n) is 5.73. The van der Waals surface area contributed by atoms with Crippen LogP contribution in [-0.4, -0.2) is 15.0 Å². The highest BCUT2D eigenvalue weighted by Crippen LogP contribution is 2.28. The van der Waals surface area contributed by atoms with E-state index in [4.69, 9.17) is 5.73 Å². The fourth-order valence-corrected chi connectivity index (χ4v) is 2.44. The molecule has 0 aliphatic carbocycles. The van der Waals surface area contributed by atoms with Crippen molar-refractivity contribution in [1.29, 1.82) is 0 Å². The number of benzene rings is 1. The Morgan fingerprint density at radius 1 is 1.50 bits per heavy atom. The molecule has 0 saturated carbocycles. The summed E-state index contributed by atoms with van der Waals surface area (Å²) in [4.78, 5) is 0. The Hall–Kier alpha value is -1.27. The molecule has 1 unspecified atom stereocenters. The third kappa shape index (κ3) is 2.44. The third-order valence-electron chi connectivity index (χ3n) is 2.71. The first-order valence-corrected chi connectivity index (χ1v) is 6.52. The standard InChI is InChI=1S/C12H14BrFN4/c1-2-6-18-10(7-16-17-18)12(15)11-8(13)4-3-5-9(11)14/h3-5,7,12H,2,6,15H2,1H3. The molecule has 1 heterocycles. The number of hydrogen-bond donors (Lipinski definition) is 1. The van der Waals surface area contributed by atoms with E-state index in [1.54, 1.807) is 23.0 Å². The minimum atomic E-state index is -0.581. The molecular weight excluding hydrogens is 299 g/mol. The lowest BCUT2D eigenvalue weighted by molar-refractivity contribution is 0.532. The normalized spacial score (nSPS) is 12.7. The van der Waals surface area contributed by atoms with E-state index >= 15 is 0 Å². The minimum absolute atomic E-state index is 0.332. The molecule has 0 aliphatic rings. The van der Waals surface area contributed by atoms with Gasteiger partial charge in [0.15, 0.2) is 0 Å². The van der Waals surface area contributed by atoms with Crippen LogP contribution in [0.1, 0.15) is 30.6 Å². The summed E-state index contributed by atoms with van der Waals surface area (Å²) >= 11 is 3.33. The molecule has 0 saturated heterocycles. The molecule has 1 aromatic carbocycles. The zero-order valence-electron chi connectivity index (χ0n) is 9.98. The van der Waals surface area contributed by atoms with Gasteiger partial charge in [-0.15, -0.1) is 5.10 Å². The zero-order chi connectivity index (χ0) is 13.1.